The quantitative estimate of drug-likeness (QED) is 0.213. The maximum Gasteiger partial charge on any atom is 0.129 e. The Bertz CT molecular complexity index is 665. The van der Waals surface area contributed by atoms with Crippen LogP contribution in [0, 0.1) is 46.3 Å². The zero-order valence-corrected chi connectivity index (χ0v) is 25.5. The molecule has 36 heavy (non-hydrogen) atoms. The molecule has 208 valence electrons. The summed E-state index contributed by atoms with van der Waals surface area (Å²) in [5, 5.41) is 0. The van der Waals surface area contributed by atoms with Gasteiger partial charge < -0.3 is 0 Å². The molecular formula is C34H58Cl2. The molecule has 0 N–H and O–H groups in total. The summed E-state index contributed by atoms with van der Waals surface area (Å²) in [5.74, 6) is 5.98. The number of hydrogen-bond donors (Lipinski definition) is 0. The van der Waals surface area contributed by atoms with Crippen molar-refractivity contribution in [3.05, 3.63) is 0 Å². The third-order valence-electron chi connectivity index (χ3n) is 13.1. The summed E-state index contributed by atoms with van der Waals surface area (Å²) in [6, 6.07) is 0. The van der Waals surface area contributed by atoms with Crippen molar-refractivity contribution >= 4 is 23.2 Å². The third-order valence-corrected chi connectivity index (χ3v) is 14.7. The van der Waals surface area contributed by atoms with Crippen LogP contribution >= 0.6 is 23.2 Å². The van der Waals surface area contributed by atoms with Crippen molar-refractivity contribution in [3.63, 3.8) is 0 Å². The van der Waals surface area contributed by atoms with Gasteiger partial charge in [0.05, 0.1) is 0 Å². The lowest BCUT2D eigenvalue weighted by Gasteiger charge is -2.69. The van der Waals surface area contributed by atoms with E-state index >= 15 is 0 Å². The van der Waals surface area contributed by atoms with Crippen molar-refractivity contribution in [2.75, 3.05) is 0 Å². The van der Waals surface area contributed by atoms with Gasteiger partial charge in [-0.1, -0.05) is 78.1 Å². The molecule has 2 heteroatoms. The number of unbranched alkanes of at least 4 members (excludes halogenated alkanes) is 3. The monoisotopic (exact) mass is 536 g/mol. The summed E-state index contributed by atoms with van der Waals surface area (Å²) in [5.41, 5.74) is 0.491. The van der Waals surface area contributed by atoms with E-state index in [0.717, 1.165) is 35.5 Å². The maximum atomic E-state index is 7.44. The van der Waals surface area contributed by atoms with E-state index in [9.17, 15) is 0 Å². The Hall–Kier alpha value is 0.580. The lowest BCUT2D eigenvalue weighted by Crippen LogP contribution is -2.66. The second kappa shape index (κ2) is 12.0. The van der Waals surface area contributed by atoms with Crippen molar-refractivity contribution in [3.8, 4) is 0 Å². The van der Waals surface area contributed by atoms with Crippen LogP contribution in [0.15, 0.2) is 0 Å². The van der Waals surface area contributed by atoms with Crippen LogP contribution < -0.4 is 0 Å². The zero-order valence-electron chi connectivity index (χ0n) is 24.0. The molecule has 0 aromatic heterocycles. The SMILES string of the molecule is CCCCCCC1CCC(C2CCC3(CC2)CC2(CCC(C4CCC(CC)CC4)CC2)C3(Cl)Cl)CC1. The second-order valence-electron chi connectivity index (χ2n) is 14.8. The van der Waals surface area contributed by atoms with Crippen LogP contribution in [-0.4, -0.2) is 4.33 Å². The maximum absolute atomic E-state index is 7.44. The van der Waals surface area contributed by atoms with Gasteiger partial charge in [-0.15, -0.1) is 23.2 Å². The Morgan fingerprint density at radius 2 is 0.972 bits per heavy atom. The first kappa shape index (κ1) is 28.1. The molecule has 2 spiro atoms. The van der Waals surface area contributed by atoms with Crippen LogP contribution in [0.4, 0.5) is 0 Å². The van der Waals surface area contributed by atoms with E-state index < -0.39 is 4.33 Å². The normalized spacial score (nSPS) is 45.0. The molecule has 0 aliphatic heterocycles. The second-order valence-corrected chi connectivity index (χ2v) is 16.1. The summed E-state index contributed by atoms with van der Waals surface area (Å²) in [4.78, 5) is 0. The molecule has 0 nitrogen and oxygen atoms in total. The van der Waals surface area contributed by atoms with Crippen LogP contribution in [-0.2, 0) is 0 Å². The number of alkyl halides is 2. The third kappa shape index (κ3) is 5.45. The minimum absolute atomic E-state index is 0.245. The molecule has 0 bridgehead atoms. The van der Waals surface area contributed by atoms with Crippen molar-refractivity contribution in [1.82, 2.24) is 0 Å². The van der Waals surface area contributed by atoms with Gasteiger partial charge in [-0.3, -0.25) is 0 Å². The molecule has 0 radical (unpaired) electrons. The minimum atomic E-state index is -0.452. The van der Waals surface area contributed by atoms with E-state index in [-0.39, 0.29) is 10.8 Å². The fraction of sp³-hybridized carbons (Fsp3) is 1.00. The van der Waals surface area contributed by atoms with Gasteiger partial charge in [-0.05, 0) is 119 Å². The molecule has 0 unspecified atom stereocenters. The highest BCUT2D eigenvalue weighted by molar-refractivity contribution is 6.50. The van der Waals surface area contributed by atoms with Crippen LogP contribution in [0.5, 0.6) is 0 Å². The topological polar surface area (TPSA) is 0 Å². The standard InChI is InChI=1S/C34H58Cl2/c1-3-5-6-7-8-27-11-15-29(16-12-27)31-19-23-33(24-20-31)25-32(34(33,35)36)21-17-30(18-22-32)28-13-9-26(4-2)10-14-28/h26-31H,3-25H2,1-2H3. The van der Waals surface area contributed by atoms with E-state index in [1.807, 2.05) is 0 Å². The highest BCUT2D eigenvalue weighted by Crippen LogP contribution is 2.77. The Kier molecular flexibility index (Phi) is 9.36. The van der Waals surface area contributed by atoms with Crippen molar-refractivity contribution < 1.29 is 0 Å². The molecule has 0 saturated heterocycles. The molecule has 0 amide bonds. The van der Waals surface area contributed by atoms with E-state index in [0.29, 0.717) is 0 Å². The van der Waals surface area contributed by atoms with Crippen molar-refractivity contribution in [1.29, 1.82) is 0 Å². The smallest absolute Gasteiger partial charge is 0.100 e. The van der Waals surface area contributed by atoms with Crippen LogP contribution in [0.1, 0.15) is 162 Å². The van der Waals surface area contributed by atoms with Crippen LogP contribution in [0.2, 0.25) is 0 Å². The average Bonchev–Trinajstić information content (AvgIpc) is 2.92. The van der Waals surface area contributed by atoms with Gasteiger partial charge in [-0.2, -0.15) is 0 Å². The van der Waals surface area contributed by atoms with Gasteiger partial charge in [0.25, 0.3) is 0 Å². The number of rotatable bonds is 8. The van der Waals surface area contributed by atoms with Crippen molar-refractivity contribution in [2.45, 2.75) is 166 Å². The fourth-order valence-electron chi connectivity index (χ4n) is 10.5. The minimum Gasteiger partial charge on any atom is -0.100 e. The predicted molar refractivity (Wildman–Crippen MR) is 158 cm³/mol. The molecule has 5 rings (SSSR count). The van der Waals surface area contributed by atoms with Crippen LogP contribution in [0.25, 0.3) is 0 Å². The first-order valence-electron chi connectivity index (χ1n) is 16.8. The molecule has 0 aromatic carbocycles. The summed E-state index contributed by atoms with van der Waals surface area (Å²) < 4.78 is -0.452. The first-order valence-corrected chi connectivity index (χ1v) is 17.6. The fourth-order valence-corrected chi connectivity index (χ4v) is 11.5. The van der Waals surface area contributed by atoms with E-state index in [1.54, 1.807) is 0 Å². The highest BCUT2D eigenvalue weighted by atomic mass is 35.5. The van der Waals surface area contributed by atoms with Gasteiger partial charge in [-0.25, -0.2) is 0 Å². The van der Waals surface area contributed by atoms with Gasteiger partial charge in [0.15, 0.2) is 0 Å². The zero-order chi connectivity index (χ0) is 25.2. The van der Waals surface area contributed by atoms with Crippen LogP contribution in [0.3, 0.4) is 0 Å². The molecule has 5 saturated carbocycles. The molecule has 0 atom stereocenters. The summed E-state index contributed by atoms with van der Waals surface area (Å²) in [6.45, 7) is 4.71. The van der Waals surface area contributed by atoms with Gasteiger partial charge in [0, 0.05) is 10.8 Å². The summed E-state index contributed by atoms with van der Waals surface area (Å²) in [6.07, 6.45) is 32.9. The van der Waals surface area contributed by atoms with E-state index in [4.69, 9.17) is 23.2 Å². The summed E-state index contributed by atoms with van der Waals surface area (Å²) in [7, 11) is 0. The molecular weight excluding hydrogens is 479 g/mol. The van der Waals surface area contributed by atoms with E-state index in [1.165, 1.54) is 148 Å². The Morgan fingerprint density at radius 3 is 1.39 bits per heavy atom. The Morgan fingerprint density at radius 1 is 0.528 bits per heavy atom. The largest absolute Gasteiger partial charge is 0.129 e. The predicted octanol–water partition coefficient (Wildman–Crippen LogP) is 11.9. The van der Waals surface area contributed by atoms with Gasteiger partial charge in [0.2, 0.25) is 0 Å². The highest BCUT2D eigenvalue weighted by Gasteiger charge is 2.72. The van der Waals surface area contributed by atoms with Crippen molar-refractivity contribution in [2.24, 2.45) is 46.3 Å². The average molecular weight is 538 g/mol. The summed E-state index contributed by atoms with van der Waals surface area (Å²) >= 11 is 14.9. The van der Waals surface area contributed by atoms with E-state index in [2.05, 4.69) is 13.8 Å². The molecule has 0 aromatic rings. The first-order chi connectivity index (χ1) is 17.4. The number of hydrogen-bond acceptors (Lipinski definition) is 0. The molecule has 0 heterocycles. The molecule has 5 aliphatic rings. The van der Waals surface area contributed by atoms with Gasteiger partial charge in [0.1, 0.15) is 4.33 Å². The van der Waals surface area contributed by atoms with Gasteiger partial charge >= 0.3 is 0 Å². The lowest BCUT2D eigenvalue weighted by molar-refractivity contribution is -0.122. The number of halogens is 2. The lowest BCUT2D eigenvalue weighted by atomic mass is 9.42. The molecule has 5 fully saturated rings. The Balaban J connectivity index is 1.06. The Labute approximate surface area is 234 Å². The molecule has 5 aliphatic carbocycles.